The number of amides is 1. The summed E-state index contributed by atoms with van der Waals surface area (Å²) in [6.45, 7) is 2.96. The number of aromatic nitrogens is 1. The van der Waals surface area contributed by atoms with Crippen LogP contribution in [0, 0.1) is 5.92 Å². The van der Waals surface area contributed by atoms with Crippen molar-refractivity contribution in [1.82, 2.24) is 15.2 Å². The lowest BCUT2D eigenvalue weighted by Crippen LogP contribution is -2.57. The van der Waals surface area contributed by atoms with Crippen molar-refractivity contribution in [2.24, 2.45) is 5.92 Å². The van der Waals surface area contributed by atoms with Crippen molar-refractivity contribution in [1.29, 1.82) is 0 Å². The van der Waals surface area contributed by atoms with Crippen LogP contribution in [0.4, 0.5) is 13.2 Å². The van der Waals surface area contributed by atoms with E-state index in [1.54, 1.807) is 0 Å². The van der Waals surface area contributed by atoms with E-state index in [0.717, 1.165) is 44.7 Å². The fourth-order valence-corrected chi connectivity index (χ4v) is 3.08. The molecule has 3 aliphatic rings. The molecule has 1 aromatic rings. The molecule has 1 N–H and O–H groups in total. The molecule has 3 fully saturated rings. The number of hydrogen-bond donors (Lipinski definition) is 1. The molecule has 114 valence electrons. The van der Waals surface area contributed by atoms with Crippen molar-refractivity contribution in [3.05, 3.63) is 29.6 Å². The fourth-order valence-electron chi connectivity index (χ4n) is 3.08. The largest absolute Gasteiger partial charge is 0.433 e. The zero-order valence-electron chi connectivity index (χ0n) is 11.4. The maximum Gasteiger partial charge on any atom is 0.433 e. The van der Waals surface area contributed by atoms with Crippen molar-refractivity contribution >= 4 is 5.91 Å². The number of hydrogen-bond acceptors (Lipinski definition) is 3. The Labute approximate surface area is 120 Å². The van der Waals surface area contributed by atoms with Gasteiger partial charge in [-0.2, -0.15) is 13.2 Å². The zero-order valence-corrected chi connectivity index (χ0v) is 11.4. The summed E-state index contributed by atoms with van der Waals surface area (Å²) in [5.74, 6) is 0.122. The Hall–Kier alpha value is -1.63. The molecule has 0 aromatic carbocycles. The van der Waals surface area contributed by atoms with E-state index in [2.05, 4.69) is 15.2 Å². The standard InChI is InChI=1S/C14H16F3N3O/c15-14(16,17)12-2-1-10(7-18-12)13(21)19-11-8-20-5-3-9(11)4-6-20/h1-2,7,9,11H,3-6,8H2,(H,19,21). The summed E-state index contributed by atoms with van der Waals surface area (Å²) in [6.07, 6.45) is -1.36. The average Bonchev–Trinajstić information content (AvgIpc) is 2.48. The van der Waals surface area contributed by atoms with E-state index in [4.69, 9.17) is 0 Å². The Morgan fingerprint density at radius 2 is 2.00 bits per heavy atom. The van der Waals surface area contributed by atoms with Gasteiger partial charge in [0.25, 0.3) is 5.91 Å². The van der Waals surface area contributed by atoms with E-state index < -0.39 is 11.9 Å². The highest BCUT2D eigenvalue weighted by atomic mass is 19.4. The minimum Gasteiger partial charge on any atom is -0.348 e. The number of pyridine rings is 1. The maximum atomic E-state index is 12.4. The highest BCUT2D eigenvalue weighted by Crippen LogP contribution is 2.28. The second-order valence-corrected chi connectivity index (χ2v) is 5.65. The van der Waals surface area contributed by atoms with Crippen LogP contribution in [0.1, 0.15) is 28.9 Å². The molecule has 0 radical (unpaired) electrons. The number of halogens is 3. The number of alkyl halides is 3. The molecule has 0 aliphatic carbocycles. The van der Waals surface area contributed by atoms with Gasteiger partial charge in [-0.05, 0) is 44.0 Å². The van der Waals surface area contributed by atoms with Crippen molar-refractivity contribution < 1.29 is 18.0 Å². The monoisotopic (exact) mass is 299 g/mol. The topological polar surface area (TPSA) is 45.2 Å². The van der Waals surface area contributed by atoms with Gasteiger partial charge in [-0.1, -0.05) is 0 Å². The van der Waals surface area contributed by atoms with Crippen LogP contribution in [0.5, 0.6) is 0 Å². The molecule has 0 saturated carbocycles. The third-order valence-electron chi connectivity index (χ3n) is 4.29. The molecule has 7 heteroatoms. The Morgan fingerprint density at radius 3 is 2.48 bits per heavy atom. The summed E-state index contributed by atoms with van der Waals surface area (Å²) < 4.78 is 37.3. The van der Waals surface area contributed by atoms with Gasteiger partial charge in [0.2, 0.25) is 0 Å². The molecule has 1 unspecified atom stereocenters. The molecule has 3 saturated heterocycles. The Balaban J connectivity index is 1.65. The molecule has 21 heavy (non-hydrogen) atoms. The van der Waals surface area contributed by atoms with Crippen molar-refractivity contribution in [3.8, 4) is 0 Å². The smallest absolute Gasteiger partial charge is 0.348 e. The molecule has 2 bridgehead atoms. The van der Waals surface area contributed by atoms with Gasteiger partial charge >= 0.3 is 6.18 Å². The fraction of sp³-hybridized carbons (Fsp3) is 0.571. The van der Waals surface area contributed by atoms with Gasteiger partial charge < -0.3 is 10.2 Å². The molecular weight excluding hydrogens is 283 g/mol. The van der Waals surface area contributed by atoms with Gasteiger partial charge in [-0.3, -0.25) is 9.78 Å². The van der Waals surface area contributed by atoms with E-state index in [0.29, 0.717) is 5.92 Å². The summed E-state index contributed by atoms with van der Waals surface area (Å²) in [5, 5.41) is 2.92. The van der Waals surface area contributed by atoms with Gasteiger partial charge in [-0.15, -0.1) is 0 Å². The molecule has 4 rings (SSSR count). The van der Waals surface area contributed by atoms with Crippen LogP contribution in [0.15, 0.2) is 18.3 Å². The van der Waals surface area contributed by atoms with Crippen LogP contribution in [-0.2, 0) is 6.18 Å². The lowest BCUT2D eigenvalue weighted by molar-refractivity contribution is -0.141. The van der Waals surface area contributed by atoms with Crippen LogP contribution < -0.4 is 5.32 Å². The predicted octanol–water partition coefficient (Wildman–Crippen LogP) is 1.92. The average molecular weight is 299 g/mol. The van der Waals surface area contributed by atoms with Crippen LogP contribution in [0.3, 0.4) is 0 Å². The van der Waals surface area contributed by atoms with Gasteiger partial charge in [0.05, 0.1) is 5.56 Å². The SMILES string of the molecule is O=C(NC1CN2CCC1CC2)c1ccc(C(F)(F)F)nc1. The first kappa shape index (κ1) is 14.3. The van der Waals surface area contributed by atoms with Crippen molar-refractivity contribution in [2.75, 3.05) is 19.6 Å². The lowest BCUT2D eigenvalue weighted by Gasteiger charge is -2.44. The molecule has 1 atom stereocenters. The second-order valence-electron chi connectivity index (χ2n) is 5.65. The summed E-state index contributed by atoms with van der Waals surface area (Å²) in [4.78, 5) is 17.7. The highest BCUT2D eigenvalue weighted by Gasteiger charge is 2.35. The number of nitrogens with one attached hydrogen (secondary N) is 1. The molecule has 1 amide bonds. The molecule has 4 nitrogen and oxygen atoms in total. The Morgan fingerprint density at radius 1 is 1.29 bits per heavy atom. The van der Waals surface area contributed by atoms with Crippen LogP contribution in [0.2, 0.25) is 0 Å². The Kier molecular flexibility index (Phi) is 3.61. The molecule has 4 heterocycles. The van der Waals surface area contributed by atoms with Crippen molar-refractivity contribution in [2.45, 2.75) is 25.1 Å². The number of carbonyl (C=O) groups is 1. The highest BCUT2D eigenvalue weighted by molar-refractivity contribution is 5.94. The van der Waals surface area contributed by atoms with Gasteiger partial charge in [0.15, 0.2) is 0 Å². The number of carbonyl (C=O) groups excluding carboxylic acids is 1. The first-order chi connectivity index (χ1) is 9.93. The van der Waals surface area contributed by atoms with Gasteiger partial charge in [-0.25, -0.2) is 0 Å². The van der Waals surface area contributed by atoms with E-state index in [1.165, 1.54) is 6.07 Å². The lowest BCUT2D eigenvalue weighted by atomic mass is 9.84. The quantitative estimate of drug-likeness (QED) is 0.907. The summed E-state index contributed by atoms with van der Waals surface area (Å²) in [6, 6.07) is 2.10. The van der Waals surface area contributed by atoms with Crippen LogP contribution >= 0.6 is 0 Å². The molecule has 3 aliphatic heterocycles. The normalized spacial score (nSPS) is 28.4. The summed E-state index contributed by atoms with van der Waals surface area (Å²) in [5.41, 5.74) is -0.818. The number of rotatable bonds is 2. The first-order valence-corrected chi connectivity index (χ1v) is 7.00. The number of piperidine rings is 3. The van der Waals surface area contributed by atoms with E-state index in [9.17, 15) is 18.0 Å². The first-order valence-electron chi connectivity index (χ1n) is 7.00. The maximum absolute atomic E-state index is 12.4. The summed E-state index contributed by atoms with van der Waals surface area (Å²) in [7, 11) is 0. The van der Waals surface area contributed by atoms with Gasteiger partial charge in [0.1, 0.15) is 5.69 Å². The number of nitrogens with zero attached hydrogens (tertiary/aromatic N) is 2. The second kappa shape index (κ2) is 5.29. The minimum absolute atomic E-state index is 0.0855. The minimum atomic E-state index is -4.48. The molecule has 1 aromatic heterocycles. The van der Waals surface area contributed by atoms with Crippen LogP contribution in [-0.4, -0.2) is 41.5 Å². The predicted molar refractivity (Wildman–Crippen MR) is 69.7 cm³/mol. The summed E-state index contributed by atoms with van der Waals surface area (Å²) >= 11 is 0. The Bertz CT molecular complexity index is 521. The van der Waals surface area contributed by atoms with Gasteiger partial charge in [0, 0.05) is 18.8 Å². The third kappa shape index (κ3) is 3.02. The van der Waals surface area contributed by atoms with E-state index in [1.807, 2.05) is 0 Å². The third-order valence-corrected chi connectivity index (χ3v) is 4.29. The number of fused-ring (bicyclic) bond motifs is 3. The zero-order chi connectivity index (χ0) is 15.0. The van der Waals surface area contributed by atoms with Crippen LogP contribution in [0.25, 0.3) is 0 Å². The molecular formula is C14H16F3N3O. The van der Waals surface area contributed by atoms with E-state index >= 15 is 0 Å². The van der Waals surface area contributed by atoms with E-state index in [-0.39, 0.29) is 17.5 Å². The molecule has 0 spiro atoms. The van der Waals surface area contributed by atoms with Crippen molar-refractivity contribution in [3.63, 3.8) is 0 Å².